The highest BCUT2D eigenvalue weighted by molar-refractivity contribution is 6.74. The van der Waals surface area contributed by atoms with E-state index >= 15 is 0 Å². The maximum Gasteiger partial charge on any atom is 0.390 e. The number of nitrogens with zero attached hydrogens (tertiary/aromatic N) is 2. The van der Waals surface area contributed by atoms with Crippen LogP contribution >= 0.6 is 0 Å². The van der Waals surface area contributed by atoms with Crippen molar-refractivity contribution >= 4 is 40.2 Å². The van der Waals surface area contributed by atoms with E-state index in [1.165, 1.54) is 6.08 Å². The standard InChI is InChI=1S/C45H66N4O6Si2/c1-44(2,3)56(7,8)54-30-16-14-28-47-41(50)27-23-35-22-26-40(53-34-37-20-24-38(25-21-37)52-33-36-18-12-11-13-19-36)39(32-35)42(49-46)43(51)48-29-15-17-31-55-57(9,10)45(4,5)6/h11-13,18-27,32H,14-17,28-31,33-34H2,1-10H3,(H,47,50)(H,48,51)/b27-23+. The van der Waals surface area contributed by atoms with E-state index in [9.17, 15) is 15.1 Å². The highest BCUT2D eigenvalue weighted by Gasteiger charge is 2.37. The third kappa shape index (κ3) is 15.9. The number of hydrogen-bond acceptors (Lipinski definition) is 6. The van der Waals surface area contributed by atoms with Crippen molar-refractivity contribution < 1.29 is 32.7 Å². The molecule has 10 nitrogen and oxygen atoms in total. The molecule has 0 unspecified atom stereocenters. The van der Waals surface area contributed by atoms with E-state index < -0.39 is 22.5 Å². The maximum absolute atomic E-state index is 13.4. The Morgan fingerprint density at radius 2 is 1.25 bits per heavy atom. The van der Waals surface area contributed by atoms with Gasteiger partial charge in [0, 0.05) is 32.4 Å². The fraction of sp³-hybridized carbons (Fsp3) is 0.489. The van der Waals surface area contributed by atoms with E-state index in [-0.39, 0.29) is 28.3 Å². The van der Waals surface area contributed by atoms with Crippen LogP contribution in [0, 0.1) is 0 Å². The summed E-state index contributed by atoms with van der Waals surface area (Å²) in [5.41, 5.74) is 12.8. The van der Waals surface area contributed by atoms with E-state index in [0.717, 1.165) is 36.1 Å². The Morgan fingerprint density at radius 1 is 0.702 bits per heavy atom. The molecule has 0 aromatic heterocycles. The number of benzene rings is 3. The van der Waals surface area contributed by atoms with Crippen molar-refractivity contribution in [2.75, 3.05) is 26.3 Å². The third-order valence-electron chi connectivity index (χ3n) is 10.8. The van der Waals surface area contributed by atoms with Crippen molar-refractivity contribution in [3.63, 3.8) is 0 Å². The van der Waals surface area contributed by atoms with Gasteiger partial charge in [0.25, 0.3) is 0 Å². The molecule has 0 atom stereocenters. The number of carbonyl (C=O) groups is 2. The van der Waals surface area contributed by atoms with Gasteiger partial charge in [0.1, 0.15) is 30.3 Å². The Bertz CT molecular complexity index is 1810. The van der Waals surface area contributed by atoms with Crippen molar-refractivity contribution in [2.45, 2.75) is 117 Å². The van der Waals surface area contributed by atoms with Crippen LogP contribution in [0.1, 0.15) is 89.5 Å². The van der Waals surface area contributed by atoms with Crippen molar-refractivity contribution in [3.8, 4) is 11.5 Å². The van der Waals surface area contributed by atoms with Crippen LogP contribution in [0.5, 0.6) is 11.5 Å². The van der Waals surface area contributed by atoms with E-state index in [1.807, 2.05) is 54.6 Å². The average molecular weight is 815 g/mol. The van der Waals surface area contributed by atoms with Crippen LogP contribution in [0.2, 0.25) is 36.3 Å². The smallest absolute Gasteiger partial charge is 0.390 e. The minimum Gasteiger partial charge on any atom is -0.489 e. The molecule has 310 valence electrons. The second-order valence-electron chi connectivity index (χ2n) is 17.4. The first-order valence-electron chi connectivity index (χ1n) is 20.1. The van der Waals surface area contributed by atoms with Crippen molar-refractivity contribution in [1.82, 2.24) is 10.6 Å². The number of hydrogen-bond donors (Lipinski definition) is 2. The predicted octanol–water partition coefficient (Wildman–Crippen LogP) is 9.71. The average Bonchev–Trinajstić information content (AvgIpc) is 3.15. The van der Waals surface area contributed by atoms with Gasteiger partial charge in [0.15, 0.2) is 16.6 Å². The van der Waals surface area contributed by atoms with E-state index in [2.05, 4.69) is 83.2 Å². The zero-order valence-corrected chi connectivity index (χ0v) is 38.0. The van der Waals surface area contributed by atoms with E-state index in [0.29, 0.717) is 56.2 Å². The second-order valence-corrected chi connectivity index (χ2v) is 27.0. The summed E-state index contributed by atoms with van der Waals surface area (Å²) in [4.78, 5) is 29.5. The zero-order valence-electron chi connectivity index (χ0n) is 36.0. The lowest BCUT2D eigenvalue weighted by molar-refractivity contribution is -0.119. The maximum atomic E-state index is 13.4. The summed E-state index contributed by atoms with van der Waals surface area (Å²) in [5.74, 6) is 0.317. The fourth-order valence-corrected chi connectivity index (χ4v) is 7.21. The van der Waals surface area contributed by atoms with E-state index in [1.54, 1.807) is 24.3 Å². The number of carbonyl (C=O) groups excluding carboxylic acids is 2. The molecule has 0 radical (unpaired) electrons. The highest BCUT2D eigenvalue weighted by Crippen LogP contribution is 2.37. The summed E-state index contributed by atoms with van der Waals surface area (Å²) in [6, 6.07) is 22.7. The van der Waals surface area contributed by atoms with Gasteiger partial charge >= 0.3 is 11.6 Å². The van der Waals surface area contributed by atoms with Gasteiger partial charge in [-0.15, -0.1) is 0 Å². The quantitative estimate of drug-likeness (QED) is 0.0259. The number of amides is 2. The number of nitrogens with one attached hydrogen (secondary N) is 2. The molecule has 0 aliphatic rings. The molecule has 2 N–H and O–H groups in total. The lowest BCUT2D eigenvalue weighted by atomic mass is 10.0. The lowest BCUT2D eigenvalue weighted by Gasteiger charge is -2.36. The number of ether oxygens (including phenoxy) is 2. The predicted molar refractivity (Wildman–Crippen MR) is 236 cm³/mol. The van der Waals surface area contributed by atoms with Crippen molar-refractivity contribution in [3.05, 3.63) is 107 Å². The zero-order chi connectivity index (χ0) is 42.1. The van der Waals surface area contributed by atoms with Crippen LogP contribution in [0.15, 0.2) is 78.9 Å². The normalized spacial score (nSPS) is 12.2. The Kier molecular flexibility index (Phi) is 18.2. The minimum atomic E-state index is -1.85. The van der Waals surface area contributed by atoms with Crippen molar-refractivity contribution in [2.24, 2.45) is 0 Å². The molecule has 0 saturated carbocycles. The summed E-state index contributed by atoms with van der Waals surface area (Å²) < 4.78 is 24.6. The number of rotatable bonds is 22. The molecule has 2 amide bonds. The van der Waals surface area contributed by atoms with Gasteiger partial charge in [-0.25, -0.2) is 0 Å². The molecule has 12 heteroatoms. The molecule has 3 aromatic carbocycles. The summed E-state index contributed by atoms with van der Waals surface area (Å²) in [5, 5.41) is 6.10. The van der Waals surface area contributed by atoms with Crippen LogP contribution in [-0.4, -0.2) is 65.3 Å². The molecule has 3 aromatic rings. The molecule has 0 heterocycles. The summed E-state index contributed by atoms with van der Waals surface area (Å²) in [7, 11) is -3.64. The molecular weight excluding hydrogens is 749 g/mol. The van der Waals surface area contributed by atoms with Crippen LogP contribution < -0.4 is 20.1 Å². The molecule has 0 aliphatic carbocycles. The molecule has 0 bridgehead atoms. The largest absolute Gasteiger partial charge is 0.489 e. The molecule has 3 rings (SSSR count). The fourth-order valence-electron chi connectivity index (χ4n) is 5.04. The first-order chi connectivity index (χ1) is 26.8. The third-order valence-corrected chi connectivity index (χ3v) is 19.9. The molecule has 0 aliphatic heterocycles. The van der Waals surface area contributed by atoms with Gasteiger partial charge in [-0.05, 0) is 109 Å². The van der Waals surface area contributed by atoms with E-state index in [4.69, 9.17) is 18.3 Å². The van der Waals surface area contributed by atoms with Crippen LogP contribution in [0.3, 0.4) is 0 Å². The lowest BCUT2D eigenvalue weighted by Crippen LogP contribution is -2.41. The van der Waals surface area contributed by atoms with Gasteiger partial charge in [-0.3, -0.25) is 9.59 Å². The first kappa shape index (κ1) is 47.1. The van der Waals surface area contributed by atoms with Gasteiger partial charge < -0.3 is 34.5 Å². The molecule has 0 saturated heterocycles. The molecule has 0 spiro atoms. The summed E-state index contributed by atoms with van der Waals surface area (Å²) in [6.07, 6.45) is 6.28. The Labute approximate surface area is 343 Å². The van der Waals surface area contributed by atoms with Crippen LogP contribution in [-0.2, 0) is 31.7 Å². The van der Waals surface area contributed by atoms with Crippen LogP contribution in [0.4, 0.5) is 0 Å². The Balaban J connectivity index is 1.65. The van der Waals surface area contributed by atoms with Crippen LogP contribution in [0.25, 0.3) is 11.6 Å². The second kappa shape index (κ2) is 22.0. The Hall–Kier alpha value is -4.33. The minimum absolute atomic E-state index is 0.127. The highest BCUT2D eigenvalue weighted by atomic mass is 28.4. The topological polar surface area (TPSA) is 132 Å². The molecule has 0 fully saturated rings. The molecular formula is C45H66N4O6Si2. The van der Waals surface area contributed by atoms with Gasteiger partial charge in [0.05, 0.1) is 0 Å². The first-order valence-corrected chi connectivity index (χ1v) is 25.9. The van der Waals surface area contributed by atoms with Gasteiger partial charge in [0.2, 0.25) is 5.91 Å². The Morgan fingerprint density at radius 3 is 1.81 bits per heavy atom. The van der Waals surface area contributed by atoms with Crippen molar-refractivity contribution in [1.29, 1.82) is 0 Å². The SMILES string of the molecule is CC(C)(C)[Si](C)(C)OCCCCNC(=O)/C=C/c1ccc(OCc2ccc(OCc3ccccc3)cc2)c(C(=[N+]=[N-])C(=O)NCCCCO[Si](C)(C)C(C)(C)C)c1. The molecule has 57 heavy (non-hydrogen) atoms. The van der Waals surface area contributed by atoms with Gasteiger partial charge in [-0.1, -0.05) is 90.1 Å². The monoisotopic (exact) mass is 814 g/mol. The van der Waals surface area contributed by atoms with Gasteiger partial charge in [-0.2, -0.15) is 4.79 Å². The number of unbranched alkanes of at least 4 members (excludes halogenated alkanes) is 2. The summed E-state index contributed by atoms with van der Waals surface area (Å²) in [6.45, 7) is 25.1. The summed E-state index contributed by atoms with van der Waals surface area (Å²) >= 11 is 0.